The summed E-state index contributed by atoms with van der Waals surface area (Å²) < 4.78 is 66.2. The third-order valence-corrected chi connectivity index (χ3v) is 6.17. The van der Waals surface area contributed by atoms with Crippen LogP contribution in [0.1, 0.15) is 5.56 Å². The molecule has 1 heterocycles. The number of para-hydroxylation sites is 1. The predicted octanol–water partition coefficient (Wildman–Crippen LogP) is 4.20. The van der Waals surface area contributed by atoms with Crippen LogP contribution in [0.15, 0.2) is 51.8 Å². The number of thioether (sulfide) groups is 1. The van der Waals surface area contributed by atoms with Gasteiger partial charge >= 0.3 is 6.18 Å². The number of anilines is 2. The number of benzene rings is 2. The molecule has 3 rings (SSSR count). The minimum absolute atomic E-state index is 0.0135. The highest BCUT2D eigenvalue weighted by Crippen LogP contribution is 2.34. The molecule has 0 saturated carbocycles. The summed E-state index contributed by atoms with van der Waals surface area (Å²) in [6.07, 6.45) is -4.58. The van der Waals surface area contributed by atoms with Crippen molar-refractivity contribution in [3.63, 3.8) is 0 Å². The van der Waals surface area contributed by atoms with Crippen molar-refractivity contribution in [2.75, 3.05) is 16.4 Å². The fraction of sp³-hybridized carbons (Fsp3) is 0.125. The Morgan fingerprint density at radius 3 is 2.64 bits per heavy atom. The molecule has 1 aliphatic rings. The molecule has 0 saturated heterocycles. The molecule has 2 aromatic carbocycles. The highest BCUT2D eigenvalue weighted by molar-refractivity contribution is 8.15. The van der Waals surface area contributed by atoms with Crippen molar-refractivity contribution in [3.05, 3.63) is 53.1 Å². The number of halogens is 4. The first-order chi connectivity index (χ1) is 13.1. The van der Waals surface area contributed by atoms with Crippen LogP contribution < -0.4 is 10.6 Å². The van der Waals surface area contributed by atoms with Crippen molar-refractivity contribution in [3.8, 4) is 0 Å². The maximum Gasteiger partial charge on any atom is 0.416 e. The summed E-state index contributed by atoms with van der Waals surface area (Å²) in [5.41, 5.74) is -0.833. The number of sulfonamides is 1. The van der Waals surface area contributed by atoms with Gasteiger partial charge in [-0.15, -0.1) is 4.40 Å². The lowest BCUT2D eigenvalue weighted by Gasteiger charge is -2.17. The predicted molar refractivity (Wildman–Crippen MR) is 102 cm³/mol. The summed E-state index contributed by atoms with van der Waals surface area (Å²) in [7, 11) is -3.90. The van der Waals surface area contributed by atoms with Gasteiger partial charge in [-0.1, -0.05) is 35.5 Å². The van der Waals surface area contributed by atoms with E-state index >= 15 is 0 Å². The van der Waals surface area contributed by atoms with E-state index in [2.05, 4.69) is 15.0 Å². The van der Waals surface area contributed by atoms with E-state index in [9.17, 15) is 26.4 Å². The van der Waals surface area contributed by atoms with Crippen molar-refractivity contribution < 1.29 is 26.4 Å². The molecule has 0 fully saturated rings. The molecule has 148 valence electrons. The number of fused-ring (bicyclic) bond motifs is 1. The number of amides is 1. The van der Waals surface area contributed by atoms with Crippen LogP contribution in [0.2, 0.25) is 5.02 Å². The van der Waals surface area contributed by atoms with Crippen molar-refractivity contribution in [2.45, 2.75) is 11.1 Å². The number of alkyl halides is 3. The summed E-state index contributed by atoms with van der Waals surface area (Å²) in [4.78, 5) is 12.1. The van der Waals surface area contributed by atoms with Gasteiger partial charge < -0.3 is 10.6 Å². The first-order valence-electron chi connectivity index (χ1n) is 7.57. The SMILES string of the molecule is O=C(CSC1=NS(=O)(=O)c2ccccc2N1)Nc1cc(C(F)(F)F)ccc1Cl. The number of nitrogens with zero attached hydrogens (tertiary/aromatic N) is 1. The molecule has 0 aliphatic carbocycles. The van der Waals surface area contributed by atoms with Gasteiger partial charge in [0.05, 0.1) is 27.7 Å². The van der Waals surface area contributed by atoms with E-state index in [1.807, 2.05) is 0 Å². The molecule has 0 bridgehead atoms. The number of nitrogens with one attached hydrogen (secondary N) is 2. The average Bonchev–Trinajstić information content (AvgIpc) is 2.60. The Morgan fingerprint density at radius 2 is 1.93 bits per heavy atom. The van der Waals surface area contributed by atoms with Gasteiger partial charge in [0.15, 0.2) is 5.17 Å². The lowest BCUT2D eigenvalue weighted by Crippen LogP contribution is -2.22. The fourth-order valence-electron chi connectivity index (χ4n) is 2.27. The van der Waals surface area contributed by atoms with Crippen LogP contribution in [0, 0.1) is 0 Å². The zero-order valence-corrected chi connectivity index (χ0v) is 16.1. The van der Waals surface area contributed by atoms with Gasteiger partial charge in [-0.25, -0.2) is 0 Å². The third-order valence-electron chi connectivity index (χ3n) is 3.52. The van der Waals surface area contributed by atoms with Gasteiger partial charge in [-0.2, -0.15) is 21.6 Å². The van der Waals surface area contributed by atoms with Crippen molar-refractivity contribution in [2.24, 2.45) is 4.40 Å². The van der Waals surface area contributed by atoms with Crippen LogP contribution in [0.3, 0.4) is 0 Å². The fourth-order valence-corrected chi connectivity index (χ4v) is 4.47. The second-order valence-corrected chi connectivity index (χ2v) is 8.47. The van der Waals surface area contributed by atoms with Crippen LogP contribution in [-0.2, 0) is 21.0 Å². The zero-order valence-electron chi connectivity index (χ0n) is 13.7. The lowest BCUT2D eigenvalue weighted by atomic mass is 10.2. The van der Waals surface area contributed by atoms with Gasteiger partial charge in [-0.05, 0) is 30.3 Å². The number of hydrogen-bond acceptors (Lipinski definition) is 5. The average molecular weight is 450 g/mol. The standard InChI is InChI=1S/C16H11ClF3N3O3S2/c17-10-6-5-9(16(18,19)20)7-12(10)21-14(24)8-27-15-22-11-3-1-2-4-13(11)28(25,26)23-15/h1-7H,8H2,(H,21,24)(H,22,23). The minimum atomic E-state index is -4.58. The largest absolute Gasteiger partial charge is 0.416 e. The molecule has 1 aliphatic heterocycles. The molecule has 12 heteroatoms. The molecule has 28 heavy (non-hydrogen) atoms. The van der Waals surface area contributed by atoms with E-state index in [0.717, 1.165) is 30.0 Å². The summed E-state index contributed by atoms with van der Waals surface area (Å²) in [6.45, 7) is 0. The van der Waals surface area contributed by atoms with Gasteiger partial charge in [0.2, 0.25) is 5.91 Å². The van der Waals surface area contributed by atoms with Crippen LogP contribution in [0.5, 0.6) is 0 Å². The molecule has 0 atom stereocenters. The Labute approximate surface area is 167 Å². The maximum atomic E-state index is 12.8. The Kier molecular flexibility index (Phi) is 5.60. The summed E-state index contributed by atoms with van der Waals surface area (Å²) in [5.74, 6) is -0.970. The number of rotatable bonds is 3. The molecule has 1 amide bonds. The van der Waals surface area contributed by atoms with Gasteiger partial charge in [0, 0.05) is 0 Å². The molecule has 0 radical (unpaired) electrons. The van der Waals surface area contributed by atoms with Crippen molar-refractivity contribution >= 4 is 55.8 Å². The number of hydrogen-bond donors (Lipinski definition) is 2. The minimum Gasteiger partial charge on any atom is -0.333 e. The van der Waals surface area contributed by atoms with Crippen molar-refractivity contribution in [1.29, 1.82) is 0 Å². The van der Waals surface area contributed by atoms with Gasteiger partial charge in [-0.3, -0.25) is 4.79 Å². The summed E-state index contributed by atoms with van der Waals surface area (Å²) in [5, 5.41) is 4.99. The van der Waals surface area contributed by atoms with Crippen LogP contribution >= 0.6 is 23.4 Å². The van der Waals surface area contributed by atoms with E-state index in [-0.39, 0.29) is 26.5 Å². The first kappa shape index (κ1) is 20.5. The summed E-state index contributed by atoms with van der Waals surface area (Å²) >= 11 is 6.62. The van der Waals surface area contributed by atoms with Gasteiger partial charge in [0.1, 0.15) is 4.90 Å². The monoisotopic (exact) mass is 449 g/mol. The molecule has 0 aromatic heterocycles. The molecule has 0 unspecified atom stereocenters. The van der Waals surface area contributed by atoms with Crippen LogP contribution in [-0.4, -0.2) is 25.2 Å². The zero-order chi connectivity index (χ0) is 20.5. The highest BCUT2D eigenvalue weighted by Gasteiger charge is 2.31. The quantitative estimate of drug-likeness (QED) is 0.733. The van der Waals surface area contributed by atoms with Gasteiger partial charge in [0.25, 0.3) is 10.0 Å². The van der Waals surface area contributed by atoms with Crippen molar-refractivity contribution in [1.82, 2.24) is 0 Å². The van der Waals surface area contributed by atoms with E-state index in [4.69, 9.17) is 11.6 Å². The normalized spacial score (nSPS) is 15.2. The molecule has 2 N–H and O–H groups in total. The topological polar surface area (TPSA) is 87.6 Å². The third kappa shape index (κ3) is 4.59. The smallest absolute Gasteiger partial charge is 0.333 e. The molecule has 2 aromatic rings. The summed E-state index contributed by atoms with van der Waals surface area (Å²) in [6, 6.07) is 8.69. The first-order valence-corrected chi connectivity index (χ1v) is 10.4. The Bertz CT molecular complexity index is 1070. The van der Waals surface area contributed by atoms with E-state index < -0.39 is 27.7 Å². The number of carbonyl (C=O) groups excluding carboxylic acids is 1. The Balaban J connectivity index is 1.68. The highest BCUT2D eigenvalue weighted by atomic mass is 35.5. The second kappa shape index (κ2) is 7.64. The van der Waals surface area contributed by atoms with E-state index in [1.54, 1.807) is 18.2 Å². The van der Waals surface area contributed by atoms with Crippen LogP contribution in [0.4, 0.5) is 24.5 Å². The molecular weight excluding hydrogens is 439 g/mol. The molecule has 6 nitrogen and oxygen atoms in total. The maximum absolute atomic E-state index is 12.8. The number of carbonyl (C=O) groups is 1. The van der Waals surface area contributed by atoms with E-state index in [1.165, 1.54) is 6.07 Å². The molecule has 0 spiro atoms. The number of amidine groups is 1. The second-order valence-electron chi connectivity index (χ2n) is 5.52. The van der Waals surface area contributed by atoms with E-state index in [0.29, 0.717) is 5.69 Å². The molecular formula is C16H11ClF3N3O3S2. The Hall–Kier alpha value is -2.24. The van der Waals surface area contributed by atoms with Crippen LogP contribution in [0.25, 0.3) is 0 Å². The lowest BCUT2D eigenvalue weighted by molar-refractivity contribution is -0.137. The Morgan fingerprint density at radius 1 is 1.21 bits per heavy atom.